The summed E-state index contributed by atoms with van der Waals surface area (Å²) < 4.78 is 12.1. The number of nitrogens with two attached hydrogens (primary N) is 1. The number of ether oxygens (including phenoxy) is 1. The molecule has 21 heavy (non-hydrogen) atoms. The highest BCUT2D eigenvalue weighted by molar-refractivity contribution is 5.31. The molecule has 2 aromatic rings. The molecule has 0 bridgehead atoms. The average Bonchev–Trinajstić information content (AvgIpc) is 2.90. The molecule has 1 aliphatic carbocycles. The quantitative estimate of drug-likeness (QED) is 0.921. The van der Waals surface area contributed by atoms with Gasteiger partial charge in [0.1, 0.15) is 17.6 Å². The lowest BCUT2D eigenvalue weighted by Crippen LogP contribution is -2.29. The van der Waals surface area contributed by atoms with Crippen LogP contribution in [0.4, 0.5) is 0 Å². The third kappa shape index (κ3) is 3.04. The van der Waals surface area contributed by atoms with Crippen molar-refractivity contribution in [2.24, 2.45) is 5.73 Å². The summed E-state index contributed by atoms with van der Waals surface area (Å²) in [6.07, 6.45) is 3.25. The zero-order valence-electron chi connectivity index (χ0n) is 12.7. The molecule has 3 heteroatoms. The van der Waals surface area contributed by atoms with Crippen LogP contribution in [-0.4, -0.2) is 6.04 Å². The van der Waals surface area contributed by atoms with Crippen molar-refractivity contribution in [1.82, 2.24) is 0 Å². The number of hydrogen-bond donors (Lipinski definition) is 1. The summed E-state index contributed by atoms with van der Waals surface area (Å²) in [5.41, 5.74) is 8.83. The minimum Gasteiger partial charge on any atom is -0.464 e. The van der Waals surface area contributed by atoms with Crippen LogP contribution in [-0.2, 0) is 11.2 Å². The van der Waals surface area contributed by atoms with E-state index in [1.54, 1.807) is 0 Å². The van der Waals surface area contributed by atoms with Gasteiger partial charge in [-0.2, -0.15) is 0 Å². The van der Waals surface area contributed by atoms with Crippen molar-refractivity contribution in [3.05, 3.63) is 59.0 Å². The van der Waals surface area contributed by atoms with Crippen LogP contribution < -0.4 is 5.73 Å². The second-order valence-corrected chi connectivity index (χ2v) is 5.94. The Bertz CT molecular complexity index is 603. The van der Waals surface area contributed by atoms with Crippen LogP contribution in [0.2, 0.25) is 0 Å². The molecule has 0 radical (unpaired) electrons. The van der Waals surface area contributed by atoms with Crippen molar-refractivity contribution in [3.63, 3.8) is 0 Å². The molecule has 2 N–H and O–H groups in total. The van der Waals surface area contributed by atoms with Gasteiger partial charge in [-0.15, -0.1) is 0 Å². The number of furan rings is 1. The summed E-state index contributed by atoms with van der Waals surface area (Å²) in [5, 5.41) is 0. The first-order valence-corrected chi connectivity index (χ1v) is 7.70. The van der Waals surface area contributed by atoms with Crippen molar-refractivity contribution < 1.29 is 9.15 Å². The summed E-state index contributed by atoms with van der Waals surface area (Å²) in [7, 11) is 0. The molecule has 0 saturated heterocycles. The Morgan fingerprint density at radius 3 is 2.76 bits per heavy atom. The zero-order chi connectivity index (χ0) is 14.8. The molecule has 1 heterocycles. The summed E-state index contributed by atoms with van der Waals surface area (Å²) in [6.45, 7) is 3.91. The summed E-state index contributed by atoms with van der Waals surface area (Å²) in [6, 6.07) is 12.4. The standard InChI is InChI=1S/C18H23NO2/c1-12-10-11-17(20-12)18(13(2)19)21-16-9-5-7-14-6-3-4-8-15(14)16/h3-4,6,8,10-11,13,16,18H,5,7,9,19H2,1-2H3. The van der Waals surface area contributed by atoms with Crippen LogP contribution in [0.5, 0.6) is 0 Å². The lowest BCUT2D eigenvalue weighted by molar-refractivity contribution is -0.0443. The lowest BCUT2D eigenvalue weighted by atomic mass is 9.89. The van der Waals surface area contributed by atoms with Crippen LogP contribution in [0, 0.1) is 6.92 Å². The van der Waals surface area contributed by atoms with Gasteiger partial charge in [-0.25, -0.2) is 0 Å². The van der Waals surface area contributed by atoms with Crippen LogP contribution in [0.15, 0.2) is 40.8 Å². The Labute approximate surface area is 126 Å². The SMILES string of the molecule is Cc1ccc(C(OC2CCCc3ccccc32)C(C)N)o1. The summed E-state index contributed by atoms with van der Waals surface area (Å²) >= 11 is 0. The van der Waals surface area contributed by atoms with E-state index in [1.165, 1.54) is 11.1 Å². The van der Waals surface area contributed by atoms with Gasteiger partial charge < -0.3 is 14.9 Å². The number of fused-ring (bicyclic) bond motifs is 1. The minimum atomic E-state index is -0.199. The first-order chi connectivity index (χ1) is 10.1. The van der Waals surface area contributed by atoms with Crippen LogP contribution in [0.25, 0.3) is 0 Å². The fraction of sp³-hybridized carbons (Fsp3) is 0.444. The molecule has 3 nitrogen and oxygen atoms in total. The van der Waals surface area contributed by atoms with Crippen LogP contribution >= 0.6 is 0 Å². The number of hydrogen-bond acceptors (Lipinski definition) is 3. The first-order valence-electron chi connectivity index (χ1n) is 7.70. The lowest BCUT2D eigenvalue weighted by Gasteiger charge is -2.30. The van der Waals surface area contributed by atoms with Gasteiger partial charge in [0, 0.05) is 6.04 Å². The van der Waals surface area contributed by atoms with Gasteiger partial charge in [0.05, 0.1) is 6.10 Å². The van der Waals surface area contributed by atoms with E-state index in [1.807, 2.05) is 26.0 Å². The number of rotatable bonds is 4. The van der Waals surface area contributed by atoms with Gasteiger partial charge in [0.15, 0.2) is 0 Å². The fourth-order valence-corrected chi connectivity index (χ4v) is 3.08. The molecule has 0 fully saturated rings. The maximum atomic E-state index is 6.36. The molecule has 0 saturated carbocycles. The van der Waals surface area contributed by atoms with E-state index in [-0.39, 0.29) is 18.2 Å². The van der Waals surface area contributed by atoms with E-state index in [9.17, 15) is 0 Å². The maximum Gasteiger partial charge on any atom is 0.134 e. The Morgan fingerprint density at radius 2 is 2.05 bits per heavy atom. The monoisotopic (exact) mass is 285 g/mol. The minimum absolute atomic E-state index is 0.107. The average molecular weight is 285 g/mol. The van der Waals surface area contributed by atoms with Gasteiger partial charge in [0.2, 0.25) is 0 Å². The largest absolute Gasteiger partial charge is 0.464 e. The van der Waals surface area contributed by atoms with Crippen molar-refractivity contribution in [1.29, 1.82) is 0 Å². The van der Waals surface area contributed by atoms with Gasteiger partial charge >= 0.3 is 0 Å². The molecule has 0 aliphatic heterocycles. The highest BCUT2D eigenvalue weighted by Crippen LogP contribution is 2.37. The van der Waals surface area contributed by atoms with Crippen molar-refractivity contribution in [2.45, 2.75) is 51.4 Å². The molecular formula is C18H23NO2. The van der Waals surface area contributed by atoms with Crippen molar-refractivity contribution in [3.8, 4) is 0 Å². The van der Waals surface area contributed by atoms with Crippen LogP contribution in [0.3, 0.4) is 0 Å². The molecule has 1 aromatic heterocycles. The zero-order valence-corrected chi connectivity index (χ0v) is 12.7. The second kappa shape index (κ2) is 6.04. The molecule has 112 valence electrons. The van der Waals surface area contributed by atoms with E-state index in [0.717, 1.165) is 30.8 Å². The molecule has 1 aliphatic rings. The Hall–Kier alpha value is -1.58. The molecule has 0 amide bonds. The summed E-state index contributed by atoms with van der Waals surface area (Å²) in [4.78, 5) is 0. The topological polar surface area (TPSA) is 48.4 Å². The third-order valence-corrected chi connectivity index (χ3v) is 4.14. The first kappa shape index (κ1) is 14.4. The maximum absolute atomic E-state index is 6.36. The predicted octanol–water partition coefficient (Wildman–Crippen LogP) is 4.07. The Balaban J connectivity index is 1.84. The Morgan fingerprint density at radius 1 is 1.24 bits per heavy atom. The highest BCUT2D eigenvalue weighted by atomic mass is 16.5. The number of aryl methyl sites for hydroxylation is 2. The molecule has 0 spiro atoms. The van der Waals surface area contributed by atoms with Crippen LogP contribution in [0.1, 0.15) is 54.6 Å². The van der Waals surface area contributed by atoms with E-state index >= 15 is 0 Å². The Kier molecular flexibility index (Phi) is 4.13. The third-order valence-electron chi connectivity index (χ3n) is 4.14. The van der Waals surface area contributed by atoms with E-state index in [4.69, 9.17) is 14.9 Å². The smallest absolute Gasteiger partial charge is 0.134 e. The van der Waals surface area contributed by atoms with Gasteiger partial charge in [-0.1, -0.05) is 24.3 Å². The normalized spacial score (nSPS) is 20.8. The molecule has 3 atom stereocenters. The van der Waals surface area contributed by atoms with Gasteiger partial charge in [0.25, 0.3) is 0 Å². The fourth-order valence-electron chi connectivity index (χ4n) is 3.08. The van der Waals surface area contributed by atoms with E-state index < -0.39 is 0 Å². The van der Waals surface area contributed by atoms with Gasteiger partial charge in [-0.05, 0) is 56.4 Å². The highest BCUT2D eigenvalue weighted by Gasteiger charge is 2.28. The molecule has 3 rings (SSSR count). The van der Waals surface area contributed by atoms with Crippen molar-refractivity contribution in [2.75, 3.05) is 0 Å². The number of benzene rings is 1. The predicted molar refractivity (Wildman–Crippen MR) is 83.0 cm³/mol. The van der Waals surface area contributed by atoms with E-state index in [2.05, 4.69) is 24.3 Å². The van der Waals surface area contributed by atoms with E-state index in [0.29, 0.717) is 0 Å². The van der Waals surface area contributed by atoms with Gasteiger partial charge in [-0.3, -0.25) is 0 Å². The molecule has 3 unspecified atom stereocenters. The molecular weight excluding hydrogens is 262 g/mol. The molecule has 1 aromatic carbocycles. The van der Waals surface area contributed by atoms with Crippen molar-refractivity contribution >= 4 is 0 Å². The summed E-state index contributed by atoms with van der Waals surface area (Å²) in [5.74, 6) is 1.72. The second-order valence-electron chi connectivity index (χ2n) is 5.94.